The smallest absolute Gasteiger partial charge is 0.261 e. The Labute approximate surface area is 127 Å². The molecule has 2 saturated carbocycles. The first-order chi connectivity index (χ1) is 10.0. The van der Waals surface area contributed by atoms with Crippen LogP contribution in [-0.4, -0.2) is 18.1 Å². The number of hydrogen-bond donors (Lipinski definition) is 1. The Hall–Kier alpha value is -1.51. The van der Waals surface area contributed by atoms with Gasteiger partial charge in [0, 0.05) is 6.04 Å². The van der Waals surface area contributed by atoms with Crippen LogP contribution < -0.4 is 10.1 Å². The Kier molecular flexibility index (Phi) is 3.92. The van der Waals surface area contributed by atoms with Gasteiger partial charge in [-0.3, -0.25) is 4.79 Å². The maximum atomic E-state index is 12.3. The summed E-state index contributed by atoms with van der Waals surface area (Å²) >= 11 is 0. The van der Waals surface area contributed by atoms with Gasteiger partial charge in [0.2, 0.25) is 0 Å². The minimum atomic E-state index is -0.440. The summed E-state index contributed by atoms with van der Waals surface area (Å²) in [5, 5.41) is 3.20. The summed E-state index contributed by atoms with van der Waals surface area (Å²) < 4.78 is 5.87. The number of nitrogens with one attached hydrogen (secondary N) is 1. The molecule has 0 aliphatic heterocycles. The second-order valence-corrected chi connectivity index (χ2v) is 6.82. The van der Waals surface area contributed by atoms with Crippen molar-refractivity contribution in [3.8, 4) is 5.75 Å². The van der Waals surface area contributed by atoms with Gasteiger partial charge in [0.25, 0.3) is 5.91 Å². The fourth-order valence-corrected chi connectivity index (χ4v) is 3.80. The van der Waals surface area contributed by atoms with E-state index < -0.39 is 6.10 Å². The van der Waals surface area contributed by atoms with Gasteiger partial charge in [0.15, 0.2) is 6.10 Å². The van der Waals surface area contributed by atoms with Gasteiger partial charge in [-0.2, -0.15) is 0 Å². The fraction of sp³-hybridized carbons (Fsp3) is 0.611. The number of ether oxygens (including phenoxy) is 1. The first-order valence-corrected chi connectivity index (χ1v) is 8.07. The average Bonchev–Trinajstić information content (AvgIpc) is 3.05. The molecule has 1 amide bonds. The Morgan fingerprint density at radius 2 is 2.10 bits per heavy atom. The topological polar surface area (TPSA) is 38.3 Å². The molecule has 0 spiro atoms. The SMILES string of the molecule is Cc1ccc(C)c(OC(C)C(=O)NC2CC3CCC2C3)c1. The van der Waals surface area contributed by atoms with Crippen molar-refractivity contribution in [3.05, 3.63) is 29.3 Å². The van der Waals surface area contributed by atoms with Gasteiger partial charge in [0.05, 0.1) is 0 Å². The molecule has 0 aromatic heterocycles. The average molecular weight is 287 g/mol. The van der Waals surface area contributed by atoms with Crippen molar-refractivity contribution in [2.45, 2.75) is 58.6 Å². The van der Waals surface area contributed by atoms with Gasteiger partial charge in [-0.05, 0) is 69.1 Å². The van der Waals surface area contributed by atoms with Crippen molar-refractivity contribution in [2.75, 3.05) is 0 Å². The van der Waals surface area contributed by atoms with E-state index in [2.05, 4.69) is 11.4 Å². The Morgan fingerprint density at radius 1 is 1.29 bits per heavy atom. The third-order valence-corrected chi connectivity index (χ3v) is 5.08. The van der Waals surface area contributed by atoms with Gasteiger partial charge in [-0.25, -0.2) is 0 Å². The molecule has 2 bridgehead atoms. The molecule has 2 fully saturated rings. The highest BCUT2D eigenvalue weighted by atomic mass is 16.5. The first-order valence-electron chi connectivity index (χ1n) is 8.07. The summed E-state index contributed by atoms with van der Waals surface area (Å²) in [4.78, 5) is 12.3. The van der Waals surface area contributed by atoms with Crippen LogP contribution in [0.25, 0.3) is 0 Å². The van der Waals surface area contributed by atoms with E-state index in [0.717, 1.165) is 29.2 Å². The molecule has 3 rings (SSSR count). The van der Waals surface area contributed by atoms with Crippen molar-refractivity contribution < 1.29 is 9.53 Å². The molecular weight excluding hydrogens is 262 g/mol. The highest BCUT2D eigenvalue weighted by Gasteiger charge is 2.40. The van der Waals surface area contributed by atoms with Gasteiger partial charge in [0.1, 0.15) is 5.75 Å². The second kappa shape index (κ2) is 5.70. The highest BCUT2D eigenvalue weighted by molar-refractivity contribution is 5.81. The van der Waals surface area contributed by atoms with Crippen LogP contribution in [0.5, 0.6) is 5.75 Å². The molecule has 21 heavy (non-hydrogen) atoms. The summed E-state index contributed by atoms with van der Waals surface area (Å²) in [6, 6.07) is 6.46. The van der Waals surface area contributed by atoms with Gasteiger partial charge >= 0.3 is 0 Å². The number of carbonyl (C=O) groups is 1. The quantitative estimate of drug-likeness (QED) is 0.922. The predicted molar refractivity (Wildman–Crippen MR) is 83.4 cm³/mol. The number of rotatable bonds is 4. The van der Waals surface area contributed by atoms with Crippen molar-refractivity contribution in [3.63, 3.8) is 0 Å². The lowest BCUT2D eigenvalue weighted by Crippen LogP contribution is -2.44. The number of fused-ring (bicyclic) bond motifs is 2. The molecule has 0 saturated heterocycles. The summed E-state index contributed by atoms with van der Waals surface area (Å²) in [6.45, 7) is 5.88. The number of aryl methyl sites for hydroxylation is 2. The van der Waals surface area contributed by atoms with Crippen molar-refractivity contribution >= 4 is 5.91 Å². The van der Waals surface area contributed by atoms with Crippen LogP contribution in [0, 0.1) is 25.7 Å². The highest BCUT2D eigenvalue weighted by Crippen LogP contribution is 2.44. The molecule has 114 valence electrons. The van der Waals surface area contributed by atoms with Crippen molar-refractivity contribution in [2.24, 2.45) is 11.8 Å². The standard InChI is InChI=1S/C18H25NO2/c1-11-4-5-12(2)17(8-11)21-13(3)18(20)19-16-10-14-6-7-15(16)9-14/h4-5,8,13-16H,6-7,9-10H2,1-3H3,(H,19,20). The third-order valence-electron chi connectivity index (χ3n) is 5.08. The lowest BCUT2D eigenvalue weighted by Gasteiger charge is -2.25. The van der Waals surface area contributed by atoms with E-state index >= 15 is 0 Å². The van der Waals surface area contributed by atoms with Gasteiger partial charge < -0.3 is 10.1 Å². The van der Waals surface area contributed by atoms with E-state index in [0.29, 0.717) is 12.0 Å². The van der Waals surface area contributed by atoms with E-state index in [-0.39, 0.29) is 5.91 Å². The minimum Gasteiger partial charge on any atom is -0.481 e. The molecule has 4 unspecified atom stereocenters. The summed E-state index contributed by atoms with van der Waals surface area (Å²) in [6.07, 6.45) is 4.65. The van der Waals surface area contributed by atoms with E-state index in [1.807, 2.05) is 32.9 Å². The molecule has 3 nitrogen and oxygen atoms in total. The van der Waals surface area contributed by atoms with Crippen LogP contribution >= 0.6 is 0 Å². The molecular formula is C18H25NO2. The van der Waals surface area contributed by atoms with E-state index in [4.69, 9.17) is 4.74 Å². The zero-order chi connectivity index (χ0) is 15.0. The van der Waals surface area contributed by atoms with Gasteiger partial charge in [-0.1, -0.05) is 18.6 Å². The minimum absolute atomic E-state index is 0.0217. The Balaban J connectivity index is 1.58. The third kappa shape index (κ3) is 3.07. The molecule has 0 heterocycles. The summed E-state index contributed by atoms with van der Waals surface area (Å²) in [7, 11) is 0. The van der Waals surface area contributed by atoms with Crippen LogP contribution in [-0.2, 0) is 4.79 Å². The van der Waals surface area contributed by atoms with Crippen LogP contribution in [0.15, 0.2) is 18.2 Å². The van der Waals surface area contributed by atoms with Crippen molar-refractivity contribution in [1.82, 2.24) is 5.32 Å². The molecule has 2 aliphatic rings. The van der Waals surface area contributed by atoms with E-state index in [1.165, 1.54) is 19.3 Å². The fourth-order valence-electron chi connectivity index (χ4n) is 3.80. The molecule has 0 radical (unpaired) electrons. The Bertz CT molecular complexity index is 540. The maximum absolute atomic E-state index is 12.3. The molecule has 2 aliphatic carbocycles. The number of hydrogen-bond acceptors (Lipinski definition) is 2. The van der Waals surface area contributed by atoms with Crippen LogP contribution in [0.3, 0.4) is 0 Å². The molecule has 3 heteroatoms. The van der Waals surface area contributed by atoms with Crippen LogP contribution in [0.4, 0.5) is 0 Å². The number of benzene rings is 1. The monoisotopic (exact) mass is 287 g/mol. The van der Waals surface area contributed by atoms with Crippen LogP contribution in [0.1, 0.15) is 43.7 Å². The molecule has 1 aromatic carbocycles. The lowest BCUT2D eigenvalue weighted by atomic mass is 9.95. The lowest BCUT2D eigenvalue weighted by molar-refractivity contribution is -0.128. The van der Waals surface area contributed by atoms with E-state index in [9.17, 15) is 4.79 Å². The number of carbonyl (C=O) groups excluding carboxylic acids is 1. The largest absolute Gasteiger partial charge is 0.481 e. The normalized spacial score (nSPS) is 28.4. The molecule has 1 N–H and O–H groups in total. The summed E-state index contributed by atoms with van der Waals surface area (Å²) in [5.41, 5.74) is 2.22. The zero-order valence-electron chi connectivity index (χ0n) is 13.2. The first kappa shape index (κ1) is 14.4. The van der Waals surface area contributed by atoms with Crippen molar-refractivity contribution in [1.29, 1.82) is 0 Å². The molecule has 4 atom stereocenters. The van der Waals surface area contributed by atoms with Gasteiger partial charge in [-0.15, -0.1) is 0 Å². The zero-order valence-corrected chi connectivity index (χ0v) is 13.2. The predicted octanol–water partition coefficient (Wildman–Crippen LogP) is 3.38. The second-order valence-electron chi connectivity index (χ2n) is 6.82. The molecule has 1 aromatic rings. The Morgan fingerprint density at radius 3 is 2.76 bits per heavy atom. The summed E-state index contributed by atoms with van der Waals surface area (Å²) in [5.74, 6) is 2.38. The van der Waals surface area contributed by atoms with E-state index in [1.54, 1.807) is 0 Å². The maximum Gasteiger partial charge on any atom is 0.261 e. The van der Waals surface area contributed by atoms with Crippen LogP contribution in [0.2, 0.25) is 0 Å². The number of amides is 1.